The molecule has 1 unspecified atom stereocenters. The van der Waals surface area contributed by atoms with Gasteiger partial charge in [0.05, 0.1) is 17.5 Å². The molecule has 1 heterocycles. The molecule has 0 radical (unpaired) electrons. The topological polar surface area (TPSA) is 58.0 Å². The summed E-state index contributed by atoms with van der Waals surface area (Å²) < 4.78 is 0. The third-order valence-corrected chi connectivity index (χ3v) is 2.09. The van der Waals surface area contributed by atoms with E-state index in [0.717, 1.165) is 11.4 Å². The molecule has 4 nitrogen and oxygen atoms in total. The minimum absolute atomic E-state index is 0.341. The Kier molecular flexibility index (Phi) is 3.66. The molecule has 0 saturated heterocycles. The highest BCUT2D eigenvalue weighted by Crippen LogP contribution is 2.17. The van der Waals surface area contributed by atoms with E-state index in [1.807, 2.05) is 13.8 Å². The van der Waals surface area contributed by atoms with E-state index in [1.165, 1.54) is 0 Å². The first kappa shape index (κ1) is 11.2. The number of anilines is 1. The van der Waals surface area contributed by atoms with Crippen LogP contribution in [-0.2, 0) is 0 Å². The lowest BCUT2D eigenvalue weighted by molar-refractivity contribution is 0.208. The predicted octanol–water partition coefficient (Wildman–Crippen LogP) is 1.54. The van der Waals surface area contributed by atoms with Gasteiger partial charge in [0.1, 0.15) is 0 Å². The number of aryl methyl sites for hydroxylation is 2. The highest BCUT2D eigenvalue weighted by Gasteiger charge is 2.06. The normalized spacial score (nSPS) is 12.6. The fourth-order valence-electron chi connectivity index (χ4n) is 0.933. The summed E-state index contributed by atoms with van der Waals surface area (Å²) in [7, 11) is 0. The van der Waals surface area contributed by atoms with Gasteiger partial charge in [-0.25, -0.2) is 9.97 Å². The lowest BCUT2D eigenvalue weighted by Crippen LogP contribution is -2.17. The van der Waals surface area contributed by atoms with Crippen LogP contribution in [-0.4, -0.2) is 27.7 Å². The van der Waals surface area contributed by atoms with E-state index in [4.69, 9.17) is 16.7 Å². The summed E-state index contributed by atoms with van der Waals surface area (Å²) in [4.78, 5) is 8.34. The second-order valence-corrected chi connectivity index (χ2v) is 3.62. The minimum atomic E-state index is -0.436. The summed E-state index contributed by atoms with van der Waals surface area (Å²) in [6.45, 7) is 5.82. The molecule has 78 valence electrons. The number of nitrogens with one attached hydrogen (secondary N) is 1. The maximum absolute atomic E-state index is 9.07. The zero-order chi connectivity index (χ0) is 10.7. The minimum Gasteiger partial charge on any atom is -0.392 e. The summed E-state index contributed by atoms with van der Waals surface area (Å²) in [5.41, 5.74) is 1.65. The predicted molar refractivity (Wildman–Crippen MR) is 56.7 cm³/mol. The second kappa shape index (κ2) is 4.57. The molecule has 0 saturated carbocycles. The number of hydrogen-bond donors (Lipinski definition) is 2. The van der Waals surface area contributed by atoms with Crippen LogP contribution in [0.5, 0.6) is 0 Å². The number of halogens is 1. The van der Waals surface area contributed by atoms with Crippen molar-refractivity contribution in [3.05, 3.63) is 16.5 Å². The number of aliphatic hydroxyl groups is 1. The smallest absolute Gasteiger partial charge is 0.171 e. The van der Waals surface area contributed by atoms with Crippen molar-refractivity contribution in [3.8, 4) is 0 Å². The molecular weight excluding hydrogens is 202 g/mol. The van der Waals surface area contributed by atoms with Crippen molar-refractivity contribution in [1.82, 2.24) is 9.97 Å². The first-order valence-corrected chi connectivity index (χ1v) is 4.81. The fourth-order valence-corrected chi connectivity index (χ4v) is 1.17. The van der Waals surface area contributed by atoms with E-state index in [2.05, 4.69) is 15.3 Å². The molecule has 2 N–H and O–H groups in total. The average Bonchev–Trinajstić information content (AvgIpc) is 2.09. The molecule has 1 atom stereocenters. The van der Waals surface area contributed by atoms with Crippen LogP contribution < -0.4 is 5.32 Å². The van der Waals surface area contributed by atoms with Gasteiger partial charge in [-0.2, -0.15) is 0 Å². The molecule has 0 aromatic carbocycles. The van der Waals surface area contributed by atoms with Gasteiger partial charge in [-0.1, -0.05) is 11.6 Å². The van der Waals surface area contributed by atoms with E-state index in [0.29, 0.717) is 17.5 Å². The van der Waals surface area contributed by atoms with Crippen LogP contribution in [0, 0.1) is 13.8 Å². The first-order chi connectivity index (χ1) is 6.50. The summed E-state index contributed by atoms with van der Waals surface area (Å²) >= 11 is 5.87. The van der Waals surface area contributed by atoms with Gasteiger partial charge in [-0.05, 0) is 20.8 Å². The quantitative estimate of drug-likeness (QED) is 0.803. The summed E-state index contributed by atoms with van der Waals surface area (Å²) in [6.07, 6.45) is -0.436. The maximum Gasteiger partial charge on any atom is 0.171 e. The van der Waals surface area contributed by atoms with E-state index in [9.17, 15) is 0 Å². The Morgan fingerprint density at radius 1 is 1.36 bits per heavy atom. The zero-order valence-electron chi connectivity index (χ0n) is 8.50. The van der Waals surface area contributed by atoms with Crippen LogP contribution in [0.15, 0.2) is 0 Å². The summed E-state index contributed by atoms with van der Waals surface area (Å²) in [5, 5.41) is 12.3. The molecule has 14 heavy (non-hydrogen) atoms. The number of rotatable bonds is 3. The van der Waals surface area contributed by atoms with Gasteiger partial charge in [-0.3, -0.25) is 0 Å². The third kappa shape index (κ3) is 2.82. The molecule has 1 aromatic heterocycles. The van der Waals surface area contributed by atoms with Gasteiger partial charge in [-0.15, -0.1) is 0 Å². The Bertz CT molecular complexity index is 328. The van der Waals surface area contributed by atoms with Crippen molar-refractivity contribution in [3.63, 3.8) is 0 Å². The maximum atomic E-state index is 9.07. The van der Waals surface area contributed by atoms with Gasteiger partial charge in [0.2, 0.25) is 0 Å². The molecule has 0 fully saturated rings. The van der Waals surface area contributed by atoms with Crippen LogP contribution in [0.2, 0.25) is 5.15 Å². The van der Waals surface area contributed by atoms with Crippen molar-refractivity contribution in [1.29, 1.82) is 0 Å². The van der Waals surface area contributed by atoms with Gasteiger partial charge in [0, 0.05) is 6.54 Å². The highest BCUT2D eigenvalue weighted by molar-refractivity contribution is 6.31. The van der Waals surface area contributed by atoms with Gasteiger partial charge < -0.3 is 10.4 Å². The Morgan fingerprint density at radius 2 is 1.93 bits per heavy atom. The van der Waals surface area contributed by atoms with Crippen LogP contribution in [0.3, 0.4) is 0 Å². The lowest BCUT2D eigenvalue weighted by atomic mass is 10.3. The number of hydrogen-bond acceptors (Lipinski definition) is 4. The Hall–Kier alpha value is -0.870. The van der Waals surface area contributed by atoms with Crippen molar-refractivity contribution in [2.45, 2.75) is 26.9 Å². The van der Waals surface area contributed by atoms with E-state index >= 15 is 0 Å². The number of aliphatic hydroxyl groups excluding tert-OH is 1. The number of nitrogens with zero attached hydrogens (tertiary/aromatic N) is 2. The molecule has 0 spiro atoms. The summed E-state index contributed by atoms with van der Waals surface area (Å²) in [6, 6.07) is 0. The van der Waals surface area contributed by atoms with E-state index < -0.39 is 6.10 Å². The molecule has 0 amide bonds. The lowest BCUT2D eigenvalue weighted by Gasteiger charge is -2.10. The third-order valence-electron chi connectivity index (χ3n) is 1.83. The Balaban J connectivity index is 2.82. The van der Waals surface area contributed by atoms with Gasteiger partial charge in [0.25, 0.3) is 0 Å². The first-order valence-electron chi connectivity index (χ1n) is 4.43. The van der Waals surface area contributed by atoms with Crippen LogP contribution in [0.25, 0.3) is 0 Å². The molecule has 1 rings (SSSR count). The van der Waals surface area contributed by atoms with Crippen LogP contribution in [0.1, 0.15) is 18.3 Å². The molecule has 0 bridgehead atoms. The largest absolute Gasteiger partial charge is 0.392 e. The standard InChI is InChI=1S/C9H14ClN3O/c1-5(14)4-11-9-8(10)12-6(2)7(3)13-9/h5,14H,4H2,1-3H3,(H,11,13). The molecule has 5 heteroatoms. The molecular formula is C9H14ClN3O. The van der Waals surface area contributed by atoms with Crippen LogP contribution in [0.4, 0.5) is 5.82 Å². The van der Waals surface area contributed by atoms with Gasteiger partial charge in [0.15, 0.2) is 11.0 Å². The second-order valence-electron chi connectivity index (χ2n) is 3.26. The van der Waals surface area contributed by atoms with E-state index in [-0.39, 0.29) is 0 Å². The molecule has 0 aliphatic heterocycles. The summed E-state index contributed by atoms with van der Waals surface area (Å²) in [5.74, 6) is 0.524. The monoisotopic (exact) mass is 215 g/mol. The van der Waals surface area contributed by atoms with Gasteiger partial charge >= 0.3 is 0 Å². The van der Waals surface area contributed by atoms with E-state index in [1.54, 1.807) is 6.92 Å². The number of aromatic nitrogens is 2. The van der Waals surface area contributed by atoms with Crippen molar-refractivity contribution in [2.75, 3.05) is 11.9 Å². The SMILES string of the molecule is Cc1nc(Cl)c(NCC(C)O)nc1C. The molecule has 0 aliphatic carbocycles. The van der Waals surface area contributed by atoms with Crippen molar-refractivity contribution < 1.29 is 5.11 Å². The Labute approximate surface area is 88.3 Å². The van der Waals surface area contributed by atoms with Crippen LogP contribution >= 0.6 is 11.6 Å². The highest BCUT2D eigenvalue weighted by atomic mass is 35.5. The average molecular weight is 216 g/mol. The fraction of sp³-hybridized carbons (Fsp3) is 0.556. The van der Waals surface area contributed by atoms with Crippen molar-refractivity contribution >= 4 is 17.4 Å². The molecule has 0 aliphatic rings. The molecule has 1 aromatic rings. The zero-order valence-corrected chi connectivity index (χ0v) is 9.26. The van der Waals surface area contributed by atoms with Crippen molar-refractivity contribution in [2.24, 2.45) is 0 Å². The Morgan fingerprint density at radius 3 is 2.50 bits per heavy atom.